The Morgan fingerprint density at radius 1 is 1.24 bits per heavy atom. The van der Waals surface area contributed by atoms with Crippen molar-refractivity contribution < 1.29 is 9.59 Å². The monoisotopic (exact) mass is 412 g/mol. The van der Waals surface area contributed by atoms with Gasteiger partial charge in [-0.1, -0.05) is 24.6 Å². The van der Waals surface area contributed by atoms with Crippen molar-refractivity contribution in [3.63, 3.8) is 0 Å². The topological polar surface area (TPSA) is 75.5 Å². The Morgan fingerprint density at radius 3 is 2.66 bits per heavy atom. The summed E-state index contributed by atoms with van der Waals surface area (Å²) < 4.78 is 1.90. The Hall–Kier alpha value is -2.86. The quantitative estimate of drug-likeness (QED) is 0.630. The van der Waals surface area contributed by atoms with Gasteiger partial charge >= 0.3 is 0 Å². The molecule has 1 aromatic carbocycles. The Morgan fingerprint density at radius 2 is 2.00 bits per heavy atom. The Kier molecular flexibility index (Phi) is 5.94. The zero-order chi connectivity index (χ0) is 21.2. The molecule has 6 nitrogen and oxygen atoms in total. The molecule has 2 aromatic heterocycles. The minimum Gasteiger partial charge on any atom is -0.347 e. The highest BCUT2D eigenvalue weighted by Gasteiger charge is 2.20. The van der Waals surface area contributed by atoms with Crippen LogP contribution in [0.5, 0.6) is 0 Å². The summed E-state index contributed by atoms with van der Waals surface area (Å²) in [5.74, 6) is -0.439. The SMILES string of the molecule is CCC(C)(C)NC(=O)c1ccc(NC(=O)Cc2cn3cccc(C)c3n2)cc1Cl. The van der Waals surface area contributed by atoms with E-state index in [-0.39, 0.29) is 28.8 Å². The van der Waals surface area contributed by atoms with Crippen molar-refractivity contribution in [2.24, 2.45) is 0 Å². The third kappa shape index (κ3) is 4.95. The van der Waals surface area contributed by atoms with Crippen molar-refractivity contribution in [2.75, 3.05) is 5.32 Å². The molecule has 0 radical (unpaired) electrons. The van der Waals surface area contributed by atoms with Gasteiger partial charge in [0, 0.05) is 23.6 Å². The van der Waals surface area contributed by atoms with Gasteiger partial charge in [-0.2, -0.15) is 0 Å². The highest BCUT2D eigenvalue weighted by Crippen LogP contribution is 2.22. The largest absolute Gasteiger partial charge is 0.347 e. The standard InChI is InChI=1S/C22H25ClN4O2/c1-5-22(3,4)26-21(29)17-9-8-15(11-18(17)23)24-19(28)12-16-13-27-10-6-7-14(2)20(27)25-16/h6-11,13H,5,12H2,1-4H3,(H,24,28)(H,26,29). The minimum absolute atomic E-state index is 0.145. The fraction of sp³-hybridized carbons (Fsp3) is 0.318. The number of hydrogen-bond acceptors (Lipinski definition) is 3. The summed E-state index contributed by atoms with van der Waals surface area (Å²) in [4.78, 5) is 29.4. The van der Waals surface area contributed by atoms with Crippen LogP contribution >= 0.6 is 11.6 Å². The van der Waals surface area contributed by atoms with Crippen LogP contribution in [0.15, 0.2) is 42.7 Å². The van der Waals surface area contributed by atoms with Crippen LogP contribution < -0.4 is 10.6 Å². The number of halogens is 1. The van der Waals surface area contributed by atoms with E-state index in [2.05, 4.69) is 15.6 Å². The van der Waals surface area contributed by atoms with Crippen molar-refractivity contribution >= 4 is 34.7 Å². The molecule has 0 bridgehead atoms. The second-order valence-corrected chi connectivity index (χ2v) is 8.17. The van der Waals surface area contributed by atoms with Gasteiger partial charge in [0.2, 0.25) is 5.91 Å². The van der Waals surface area contributed by atoms with Crippen LogP contribution in [0.2, 0.25) is 5.02 Å². The molecule has 0 aliphatic carbocycles. The molecule has 7 heteroatoms. The Bertz CT molecular complexity index is 1070. The van der Waals surface area contributed by atoms with Crippen molar-refractivity contribution in [2.45, 2.75) is 46.1 Å². The fourth-order valence-corrected chi connectivity index (χ4v) is 3.17. The number of carbonyl (C=O) groups excluding carboxylic acids is 2. The molecule has 3 aromatic rings. The average Bonchev–Trinajstić information content (AvgIpc) is 3.05. The number of pyridine rings is 1. The summed E-state index contributed by atoms with van der Waals surface area (Å²) in [6.07, 6.45) is 4.69. The third-order valence-electron chi connectivity index (χ3n) is 4.90. The molecule has 2 amide bonds. The van der Waals surface area contributed by atoms with E-state index in [0.717, 1.165) is 17.6 Å². The number of aryl methyl sites for hydroxylation is 1. The average molecular weight is 413 g/mol. The molecule has 0 saturated carbocycles. The van der Waals surface area contributed by atoms with E-state index in [1.807, 2.05) is 56.6 Å². The number of rotatable bonds is 6. The summed E-state index contributed by atoms with van der Waals surface area (Å²) in [6.45, 7) is 7.89. The number of fused-ring (bicyclic) bond motifs is 1. The van der Waals surface area contributed by atoms with E-state index in [4.69, 9.17) is 11.6 Å². The van der Waals surface area contributed by atoms with E-state index in [1.54, 1.807) is 18.2 Å². The van der Waals surface area contributed by atoms with Gasteiger partial charge in [0.1, 0.15) is 5.65 Å². The lowest BCUT2D eigenvalue weighted by molar-refractivity contribution is -0.115. The maximum absolute atomic E-state index is 12.4. The maximum atomic E-state index is 12.4. The summed E-state index contributed by atoms with van der Waals surface area (Å²) in [6, 6.07) is 8.79. The van der Waals surface area contributed by atoms with Gasteiger partial charge in [-0.3, -0.25) is 9.59 Å². The summed E-state index contributed by atoms with van der Waals surface area (Å²) in [5.41, 5.74) is 3.16. The first-order valence-corrected chi connectivity index (χ1v) is 9.91. The molecule has 29 heavy (non-hydrogen) atoms. The first kappa shape index (κ1) is 20.9. The number of amides is 2. The molecule has 0 aliphatic heterocycles. The number of benzene rings is 1. The van der Waals surface area contributed by atoms with Crippen molar-refractivity contribution in [1.82, 2.24) is 14.7 Å². The van der Waals surface area contributed by atoms with E-state index >= 15 is 0 Å². The Balaban J connectivity index is 1.68. The molecular formula is C22H25ClN4O2. The second kappa shape index (κ2) is 8.25. The van der Waals surface area contributed by atoms with Crippen LogP contribution in [-0.4, -0.2) is 26.7 Å². The van der Waals surface area contributed by atoms with Gasteiger partial charge in [0.15, 0.2) is 0 Å². The zero-order valence-corrected chi connectivity index (χ0v) is 17.8. The lowest BCUT2D eigenvalue weighted by atomic mass is 10.0. The predicted molar refractivity (Wildman–Crippen MR) is 116 cm³/mol. The van der Waals surface area contributed by atoms with E-state index < -0.39 is 0 Å². The molecule has 0 fully saturated rings. The lowest BCUT2D eigenvalue weighted by Gasteiger charge is -2.24. The van der Waals surface area contributed by atoms with Crippen LogP contribution in [0.1, 0.15) is 48.8 Å². The fourth-order valence-electron chi connectivity index (χ4n) is 2.90. The molecule has 0 aliphatic rings. The summed E-state index contributed by atoms with van der Waals surface area (Å²) >= 11 is 6.28. The molecule has 0 unspecified atom stereocenters. The van der Waals surface area contributed by atoms with E-state index in [9.17, 15) is 9.59 Å². The molecule has 0 spiro atoms. The van der Waals surface area contributed by atoms with Gasteiger partial charge in [0.05, 0.1) is 22.7 Å². The highest BCUT2D eigenvalue weighted by molar-refractivity contribution is 6.34. The van der Waals surface area contributed by atoms with Crippen molar-refractivity contribution in [3.8, 4) is 0 Å². The molecule has 3 rings (SSSR count). The van der Waals surface area contributed by atoms with Crippen LogP contribution in [0.4, 0.5) is 5.69 Å². The molecule has 2 heterocycles. The molecule has 152 valence electrons. The third-order valence-corrected chi connectivity index (χ3v) is 5.22. The van der Waals surface area contributed by atoms with E-state index in [0.29, 0.717) is 16.9 Å². The summed E-state index contributed by atoms with van der Waals surface area (Å²) in [5, 5.41) is 6.05. The highest BCUT2D eigenvalue weighted by atomic mass is 35.5. The van der Waals surface area contributed by atoms with Crippen LogP contribution in [0, 0.1) is 6.92 Å². The van der Waals surface area contributed by atoms with Crippen molar-refractivity contribution in [1.29, 1.82) is 0 Å². The lowest BCUT2D eigenvalue weighted by Crippen LogP contribution is -2.42. The van der Waals surface area contributed by atoms with Gasteiger partial charge < -0.3 is 15.0 Å². The van der Waals surface area contributed by atoms with Crippen LogP contribution in [-0.2, 0) is 11.2 Å². The maximum Gasteiger partial charge on any atom is 0.253 e. The first-order chi connectivity index (χ1) is 13.7. The smallest absolute Gasteiger partial charge is 0.253 e. The number of carbonyl (C=O) groups is 2. The van der Waals surface area contributed by atoms with Gasteiger partial charge in [-0.25, -0.2) is 4.98 Å². The number of nitrogens with zero attached hydrogens (tertiary/aromatic N) is 2. The van der Waals surface area contributed by atoms with Gasteiger partial charge in [0.25, 0.3) is 5.91 Å². The molecule has 2 N–H and O–H groups in total. The number of hydrogen-bond donors (Lipinski definition) is 2. The van der Waals surface area contributed by atoms with Crippen molar-refractivity contribution in [3.05, 3.63) is 64.6 Å². The summed E-state index contributed by atoms with van der Waals surface area (Å²) in [7, 11) is 0. The molecular weight excluding hydrogens is 388 g/mol. The zero-order valence-electron chi connectivity index (χ0n) is 17.0. The number of anilines is 1. The van der Waals surface area contributed by atoms with Gasteiger partial charge in [-0.15, -0.1) is 0 Å². The molecule has 0 saturated heterocycles. The number of nitrogens with one attached hydrogen (secondary N) is 2. The minimum atomic E-state index is -0.320. The van der Waals surface area contributed by atoms with E-state index in [1.165, 1.54) is 0 Å². The normalized spacial score (nSPS) is 11.5. The first-order valence-electron chi connectivity index (χ1n) is 9.53. The second-order valence-electron chi connectivity index (χ2n) is 7.77. The predicted octanol–water partition coefficient (Wildman–Crippen LogP) is 4.40. The Labute approximate surface area is 175 Å². The number of aromatic nitrogens is 2. The molecule has 0 atom stereocenters. The number of imidazole rings is 1. The van der Waals surface area contributed by atoms with Gasteiger partial charge in [-0.05, 0) is 57.0 Å². The van der Waals surface area contributed by atoms with Crippen LogP contribution in [0.3, 0.4) is 0 Å². The van der Waals surface area contributed by atoms with Crippen LogP contribution in [0.25, 0.3) is 5.65 Å².